The number of para-hydroxylation sites is 1. The van der Waals surface area contributed by atoms with Crippen LogP contribution in [0.15, 0.2) is 77.9 Å². The number of aliphatic imine (C=N–C) groups is 1. The summed E-state index contributed by atoms with van der Waals surface area (Å²) in [7, 11) is 0. The predicted molar refractivity (Wildman–Crippen MR) is 148 cm³/mol. The van der Waals surface area contributed by atoms with Gasteiger partial charge in [0, 0.05) is 63.9 Å². The van der Waals surface area contributed by atoms with Crippen molar-refractivity contribution in [3.05, 3.63) is 100 Å². The van der Waals surface area contributed by atoms with Crippen LogP contribution in [0.1, 0.15) is 27.0 Å². The highest BCUT2D eigenvalue weighted by Crippen LogP contribution is 2.35. The quantitative estimate of drug-likeness (QED) is 0.356. The Morgan fingerprint density at radius 3 is 2.64 bits per heavy atom. The van der Waals surface area contributed by atoms with Gasteiger partial charge in [-0.2, -0.15) is 0 Å². The Kier molecular flexibility index (Phi) is 6.68. The maximum absolute atomic E-state index is 13.1. The molecule has 196 valence electrons. The average Bonchev–Trinajstić information content (AvgIpc) is 3.08. The first-order valence-electron chi connectivity index (χ1n) is 12.4. The van der Waals surface area contributed by atoms with E-state index in [1.165, 1.54) is 0 Å². The molecule has 3 aromatic carbocycles. The van der Waals surface area contributed by atoms with E-state index < -0.39 is 6.86 Å². The molecule has 0 spiro atoms. The number of nitrogens with one attached hydrogen (secondary N) is 1. The Morgan fingerprint density at radius 1 is 1.08 bits per heavy atom. The highest BCUT2D eigenvalue weighted by atomic mass is 35.5. The highest BCUT2D eigenvalue weighted by molar-refractivity contribution is 6.31. The third kappa shape index (κ3) is 4.94. The van der Waals surface area contributed by atoms with Crippen LogP contribution in [0.5, 0.6) is 5.75 Å². The summed E-state index contributed by atoms with van der Waals surface area (Å²) < 4.78 is 18.3. The second kappa shape index (κ2) is 10.4. The van der Waals surface area contributed by atoms with Crippen molar-refractivity contribution in [2.45, 2.75) is 12.6 Å². The van der Waals surface area contributed by atoms with Crippen LogP contribution in [0, 0.1) is 0 Å². The SMILES string of the molecule is NC1CN(C(=O)c2ccc(Nc3ncc4c(n3)-c3ccc(Cl)cc3C(c3ccccc3OCF)=NC4)cc2)C1. The van der Waals surface area contributed by atoms with Gasteiger partial charge >= 0.3 is 0 Å². The summed E-state index contributed by atoms with van der Waals surface area (Å²) in [5.74, 6) is 0.754. The summed E-state index contributed by atoms with van der Waals surface area (Å²) >= 11 is 6.40. The monoisotopic (exact) mass is 542 g/mol. The van der Waals surface area contributed by atoms with Crippen molar-refractivity contribution in [3.63, 3.8) is 0 Å². The van der Waals surface area contributed by atoms with E-state index in [0.29, 0.717) is 58.9 Å². The van der Waals surface area contributed by atoms with Crippen molar-refractivity contribution in [2.24, 2.45) is 10.7 Å². The van der Waals surface area contributed by atoms with Crippen LogP contribution < -0.4 is 15.8 Å². The molecule has 2 aliphatic heterocycles. The molecular formula is C29H24ClFN6O2. The number of carbonyl (C=O) groups is 1. The van der Waals surface area contributed by atoms with Gasteiger partial charge in [0.25, 0.3) is 5.91 Å². The fourth-order valence-corrected chi connectivity index (χ4v) is 4.92. The number of carbonyl (C=O) groups excluding carboxylic acids is 1. The first-order chi connectivity index (χ1) is 19.0. The number of likely N-dealkylation sites (tertiary alicyclic amines) is 1. The number of hydrogen-bond donors (Lipinski definition) is 2. The normalized spacial score (nSPS) is 14.4. The van der Waals surface area contributed by atoms with E-state index >= 15 is 0 Å². The highest BCUT2D eigenvalue weighted by Gasteiger charge is 2.28. The molecule has 1 fully saturated rings. The molecule has 0 saturated carbocycles. The molecule has 0 unspecified atom stereocenters. The third-order valence-electron chi connectivity index (χ3n) is 6.70. The first-order valence-corrected chi connectivity index (χ1v) is 12.8. The number of nitrogens with zero attached hydrogens (tertiary/aromatic N) is 4. The molecule has 8 nitrogen and oxygen atoms in total. The number of alkyl halides is 1. The van der Waals surface area contributed by atoms with E-state index in [0.717, 1.165) is 22.4 Å². The van der Waals surface area contributed by atoms with Crippen LogP contribution >= 0.6 is 11.6 Å². The minimum Gasteiger partial charge on any atom is -0.462 e. The van der Waals surface area contributed by atoms with Crippen LogP contribution in [-0.4, -0.2) is 52.5 Å². The van der Waals surface area contributed by atoms with E-state index in [1.807, 2.05) is 36.4 Å². The van der Waals surface area contributed by atoms with Crippen LogP contribution in [0.2, 0.25) is 5.02 Å². The van der Waals surface area contributed by atoms with Gasteiger partial charge in [0.15, 0.2) is 0 Å². The lowest BCUT2D eigenvalue weighted by Gasteiger charge is -2.36. The zero-order chi connectivity index (χ0) is 26.9. The number of halogens is 2. The van der Waals surface area contributed by atoms with Crippen LogP contribution in [0.25, 0.3) is 11.3 Å². The largest absolute Gasteiger partial charge is 0.462 e. The van der Waals surface area contributed by atoms with Gasteiger partial charge in [-0.25, -0.2) is 14.4 Å². The number of benzene rings is 3. The van der Waals surface area contributed by atoms with E-state index in [4.69, 9.17) is 32.0 Å². The van der Waals surface area contributed by atoms with Gasteiger partial charge < -0.3 is 20.7 Å². The first kappa shape index (κ1) is 25.0. The third-order valence-corrected chi connectivity index (χ3v) is 6.94. The zero-order valence-electron chi connectivity index (χ0n) is 20.8. The van der Waals surface area contributed by atoms with Crippen molar-refractivity contribution in [2.75, 3.05) is 25.3 Å². The van der Waals surface area contributed by atoms with Gasteiger partial charge in [-0.1, -0.05) is 29.8 Å². The Balaban J connectivity index is 1.31. The Bertz CT molecular complexity index is 1590. The molecular weight excluding hydrogens is 519 g/mol. The van der Waals surface area contributed by atoms with Gasteiger partial charge in [0.2, 0.25) is 12.8 Å². The minimum atomic E-state index is -0.949. The maximum Gasteiger partial charge on any atom is 0.253 e. The van der Waals surface area contributed by atoms with Crippen LogP contribution in [-0.2, 0) is 6.54 Å². The molecule has 2 aliphatic rings. The fourth-order valence-electron chi connectivity index (χ4n) is 4.75. The molecule has 39 heavy (non-hydrogen) atoms. The molecule has 1 aromatic heterocycles. The summed E-state index contributed by atoms with van der Waals surface area (Å²) in [4.78, 5) is 28.4. The molecule has 0 aliphatic carbocycles. The smallest absolute Gasteiger partial charge is 0.253 e. The molecule has 3 N–H and O–H groups in total. The predicted octanol–water partition coefficient (Wildman–Crippen LogP) is 4.98. The lowest BCUT2D eigenvalue weighted by molar-refractivity contribution is 0.0608. The number of hydrogen-bond acceptors (Lipinski definition) is 7. The molecule has 0 radical (unpaired) electrons. The van der Waals surface area contributed by atoms with E-state index in [-0.39, 0.29) is 11.9 Å². The number of ether oxygens (including phenoxy) is 1. The van der Waals surface area contributed by atoms with Crippen LogP contribution in [0.3, 0.4) is 0 Å². The van der Waals surface area contributed by atoms with Gasteiger partial charge in [0.1, 0.15) is 5.75 Å². The Hall–Kier alpha value is -4.34. The fraction of sp³-hybridized carbons (Fsp3) is 0.172. The summed E-state index contributed by atoms with van der Waals surface area (Å²) in [5, 5.41) is 3.76. The number of nitrogens with two attached hydrogens (primary N) is 1. The Labute approximate surface area is 229 Å². The maximum atomic E-state index is 13.1. The molecule has 0 atom stereocenters. The summed E-state index contributed by atoms with van der Waals surface area (Å²) in [6.07, 6.45) is 1.74. The molecule has 6 rings (SSSR count). The minimum absolute atomic E-state index is 0.0332. The molecule has 3 heterocycles. The lowest BCUT2D eigenvalue weighted by Crippen LogP contribution is -2.57. The van der Waals surface area contributed by atoms with E-state index in [9.17, 15) is 9.18 Å². The van der Waals surface area contributed by atoms with Crippen LogP contribution in [0.4, 0.5) is 16.0 Å². The van der Waals surface area contributed by atoms with E-state index in [1.54, 1.807) is 41.4 Å². The number of rotatable bonds is 6. The summed E-state index contributed by atoms with van der Waals surface area (Å²) in [6.45, 7) is 0.524. The van der Waals surface area contributed by atoms with Crippen molar-refractivity contribution in [1.29, 1.82) is 0 Å². The van der Waals surface area contributed by atoms with Gasteiger partial charge in [-0.3, -0.25) is 9.79 Å². The second-order valence-corrected chi connectivity index (χ2v) is 9.78. The van der Waals surface area contributed by atoms with E-state index in [2.05, 4.69) is 10.3 Å². The zero-order valence-corrected chi connectivity index (χ0v) is 21.5. The van der Waals surface area contributed by atoms with Gasteiger partial charge in [0.05, 0.1) is 18.0 Å². The average molecular weight is 543 g/mol. The van der Waals surface area contributed by atoms with Crippen molar-refractivity contribution in [3.8, 4) is 17.0 Å². The lowest BCUT2D eigenvalue weighted by atomic mass is 9.95. The number of anilines is 2. The van der Waals surface area contributed by atoms with Crippen molar-refractivity contribution >= 4 is 34.9 Å². The topological polar surface area (TPSA) is 106 Å². The standard InChI is InChI=1S/C29H24ClFN6O2/c30-19-7-10-22-24(11-19)27(23-3-1-2-4-25(23)39-16-31)33-12-18-13-34-29(36-26(18)22)35-21-8-5-17(6-9-21)28(38)37-14-20(32)15-37/h1-11,13,20H,12,14-16,32H2,(H,34,35,36). The molecule has 0 bridgehead atoms. The molecule has 10 heteroatoms. The molecule has 1 saturated heterocycles. The van der Waals surface area contributed by atoms with Crippen molar-refractivity contribution < 1.29 is 13.9 Å². The number of aromatic nitrogens is 2. The van der Waals surface area contributed by atoms with Gasteiger partial charge in [-0.15, -0.1) is 0 Å². The summed E-state index contributed by atoms with van der Waals surface area (Å²) in [6, 6.07) is 19.9. The molecule has 1 amide bonds. The number of amides is 1. The summed E-state index contributed by atoms with van der Waals surface area (Å²) in [5.41, 5.74) is 11.5. The Morgan fingerprint density at radius 2 is 1.87 bits per heavy atom. The second-order valence-electron chi connectivity index (χ2n) is 9.34. The number of fused-ring (bicyclic) bond motifs is 3. The van der Waals surface area contributed by atoms with Crippen molar-refractivity contribution in [1.82, 2.24) is 14.9 Å². The molecule has 4 aromatic rings. The van der Waals surface area contributed by atoms with Gasteiger partial charge in [-0.05, 0) is 48.5 Å².